The Labute approximate surface area is 248 Å². The Hall–Kier alpha value is -4.54. The normalized spacial score (nSPS) is 22.1. The number of anilines is 1. The molecule has 1 aliphatic rings. The van der Waals surface area contributed by atoms with E-state index in [-0.39, 0.29) is 17.1 Å². The van der Waals surface area contributed by atoms with Gasteiger partial charge in [-0.3, -0.25) is 14.3 Å². The van der Waals surface area contributed by atoms with Crippen LogP contribution in [0.25, 0.3) is 11.2 Å². The maximum absolute atomic E-state index is 15.7. The molecule has 3 heterocycles. The number of nitrogens with one attached hydrogen (secondary N) is 2. The minimum atomic E-state index is -1.41. The van der Waals surface area contributed by atoms with E-state index in [1.165, 1.54) is 18.0 Å². The molecule has 1 fully saturated rings. The highest BCUT2D eigenvalue weighted by atomic mass is 19.1. The van der Waals surface area contributed by atoms with Crippen molar-refractivity contribution in [2.45, 2.75) is 44.0 Å². The lowest BCUT2D eigenvalue weighted by atomic mass is 9.77. The number of ether oxygens (including phenoxy) is 3. The average Bonchev–Trinajstić information content (AvgIpc) is 3.59. The standard InChI is InChI=1S/C33H34FN5O4/c1-5-32(42-4)21(2)26(34)30(43-32)39-20-35-27-28(39)36-31(37-29(27)40)38-33(22-12-8-6-9-13-22,23-14-10-7-11-15-23)24-16-18-25(41-3)19-17-24/h6-21,26,30H,5H2,1-4H3,(H2,36,37,38,40)/t21-,26+,30+,32+/m0/s1. The van der Waals surface area contributed by atoms with Crippen molar-refractivity contribution in [1.82, 2.24) is 19.5 Å². The van der Waals surface area contributed by atoms with E-state index in [1.54, 1.807) is 14.0 Å². The van der Waals surface area contributed by atoms with Crippen molar-refractivity contribution >= 4 is 17.1 Å². The molecule has 0 radical (unpaired) electrons. The SMILES string of the molecule is CC[C@@]1(OC)O[C@@H](n2cnc3c(=O)[nH]c(NC(c4ccccc4)(c4ccccc4)c4ccc(OC)cc4)nc32)[C@H](F)[C@@H]1C. The van der Waals surface area contributed by atoms with Crippen LogP contribution in [0.3, 0.4) is 0 Å². The number of benzene rings is 3. The quantitative estimate of drug-likeness (QED) is 0.212. The Morgan fingerprint density at radius 1 is 1.00 bits per heavy atom. The second-order valence-corrected chi connectivity index (χ2v) is 10.7. The Balaban J connectivity index is 1.53. The first kappa shape index (κ1) is 28.6. The molecule has 0 spiro atoms. The van der Waals surface area contributed by atoms with Gasteiger partial charge >= 0.3 is 0 Å². The Bertz CT molecular complexity index is 1710. The Morgan fingerprint density at radius 3 is 2.14 bits per heavy atom. The monoisotopic (exact) mass is 583 g/mol. The lowest BCUT2D eigenvalue weighted by Gasteiger charge is -2.37. The molecule has 4 atom stereocenters. The van der Waals surface area contributed by atoms with Gasteiger partial charge in [-0.05, 0) is 35.2 Å². The summed E-state index contributed by atoms with van der Waals surface area (Å²) in [6, 6.07) is 27.5. The van der Waals surface area contributed by atoms with E-state index in [9.17, 15) is 4.79 Å². The van der Waals surface area contributed by atoms with Gasteiger partial charge in [-0.25, -0.2) is 9.37 Å². The fraction of sp³-hybridized carbons (Fsp3) is 0.303. The molecule has 1 aliphatic heterocycles. The lowest BCUT2D eigenvalue weighted by Crippen LogP contribution is -2.39. The van der Waals surface area contributed by atoms with E-state index in [4.69, 9.17) is 19.2 Å². The predicted octanol–water partition coefficient (Wildman–Crippen LogP) is 5.79. The number of rotatable bonds is 9. The van der Waals surface area contributed by atoms with E-state index in [1.807, 2.05) is 91.9 Å². The first-order valence-corrected chi connectivity index (χ1v) is 14.2. The number of methoxy groups -OCH3 is 2. The topological polar surface area (TPSA) is 103 Å². The second kappa shape index (κ2) is 11.3. The Kier molecular flexibility index (Phi) is 7.49. The van der Waals surface area contributed by atoms with Crippen LogP contribution in [0.5, 0.6) is 5.75 Å². The number of aromatic nitrogens is 4. The highest BCUT2D eigenvalue weighted by Crippen LogP contribution is 2.46. The van der Waals surface area contributed by atoms with Crippen LogP contribution in [0, 0.1) is 5.92 Å². The van der Waals surface area contributed by atoms with Crippen molar-refractivity contribution in [2.75, 3.05) is 19.5 Å². The molecule has 5 aromatic rings. The number of H-pyrrole nitrogens is 1. The minimum Gasteiger partial charge on any atom is -0.497 e. The summed E-state index contributed by atoms with van der Waals surface area (Å²) in [7, 11) is 3.13. The van der Waals surface area contributed by atoms with Crippen LogP contribution < -0.4 is 15.6 Å². The first-order chi connectivity index (χ1) is 20.9. The van der Waals surface area contributed by atoms with Gasteiger partial charge in [-0.15, -0.1) is 0 Å². The summed E-state index contributed by atoms with van der Waals surface area (Å²) in [6.45, 7) is 3.64. The van der Waals surface area contributed by atoms with Crippen LogP contribution in [-0.2, 0) is 15.0 Å². The summed E-state index contributed by atoms with van der Waals surface area (Å²) in [5.41, 5.74) is 1.52. The largest absolute Gasteiger partial charge is 0.497 e. The van der Waals surface area contributed by atoms with Crippen molar-refractivity contribution in [1.29, 1.82) is 0 Å². The molecule has 0 saturated carbocycles. The number of hydrogen-bond donors (Lipinski definition) is 2. The van der Waals surface area contributed by atoms with Crippen LogP contribution in [-0.4, -0.2) is 45.7 Å². The Morgan fingerprint density at radius 2 is 1.60 bits per heavy atom. The molecule has 2 N–H and O–H groups in total. The zero-order valence-corrected chi connectivity index (χ0v) is 24.5. The first-order valence-electron chi connectivity index (χ1n) is 14.2. The molecule has 9 nitrogen and oxygen atoms in total. The van der Waals surface area contributed by atoms with Gasteiger partial charge in [0.2, 0.25) is 5.95 Å². The van der Waals surface area contributed by atoms with Gasteiger partial charge in [0.1, 0.15) is 11.3 Å². The average molecular weight is 584 g/mol. The molecule has 0 amide bonds. The van der Waals surface area contributed by atoms with Crippen molar-refractivity contribution in [3.05, 3.63) is 118 Å². The molecule has 2 aromatic heterocycles. The zero-order chi connectivity index (χ0) is 30.2. The van der Waals surface area contributed by atoms with Gasteiger partial charge in [0.15, 0.2) is 29.4 Å². The van der Waals surface area contributed by atoms with E-state index in [0.29, 0.717) is 12.2 Å². The fourth-order valence-corrected chi connectivity index (χ4v) is 6.14. The molecule has 3 aromatic carbocycles. The van der Waals surface area contributed by atoms with Crippen LogP contribution >= 0.6 is 0 Å². The predicted molar refractivity (Wildman–Crippen MR) is 162 cm³/mol. The highest BCUT2D eigenvalue weighted by Gasteiger charge is 2.54. The number of fused-ring (bicyclic) bond motifs is 1. The van der Waals surface area contributed by atoms with Crippen molar-refractivity contribution in [3.8, 4) is 5.75 Å². The molecule has 43 heavy (non-hydrogen) atoms. The third-order valence-corrected chi connectivity index (χ3v) is 8.55. The van der Waals surface area contributed by atoms with Crippen LogP contribution in [0.2, 0.25) is 0 Å². The van der Waals surface area contributed by atoms with Crippen molar-refractivity contribution in [3.63, 3.8) is 0 Å². The molecular weight excluding hydrogens is 549 g/mol. The van der Waals surface area contributed by atoms with E-state index < -0.39 is 35.2 Å². The molecule has 0 unspecified atom stereocenters. The summed E-state index contributed by atoms with van der Waals surface area (Å²) >= 11 is 0. The number of nitrogens with zero attached hydrogens (tertiary/aromatic N) is 3. The number of hydrogen-bond acceptors (Lipinski definition) is 7. The molecular formula is C33H34FN5O4. The molecule has 0 bridgehead atoms. The lowest BCUT2D eigenvalue weighted by molar-refractivity contribution is -0.240. The smallest absolute Gasteiger partial charge is 0.280 e. The van der Waals surface area contributed by atoms with Gasteiger partial charge in [-0.1, -0.05) is 86.6 Å². The molecule has 10 heteroatoms. The third kappa shape index (κ3) is 4.67. The number of halogens is 1. The number of imidazole rings is 1. The summed E-state index contributed by atoms with van der Waals surface area (Å²) < 4.78 is 34.5. The van der Waals surface area contributed by atoms with E-state index >= 15 is 4.39 Å². The minimum absolute atomic E-state index is 0.0786. The summed E-state index contributed by atoms with van der Waals surface area (Å²) in [6.07, 6.45) is -0.640. The van der Waals surface area contributed by atoms with Crippen LogP contribution in [0.1, 0.15) is 43.2 Å². The molecule has 222 valence electrons. The van der Waals surface area contributed by atoms with Crippen molar-refractivity contribution < 1.29 is 18.6 Å². The van der Waals surface area contributed by atoms with E-state index in [2.05, 4.69) is 15.3 Å². The molecule has 6 rings (SSSR count). The third-order valence-electron chi connectivity index (χ3n) is 8.55. The van der Waals surface area contributed by atoms with Gasteiger partial charge in [0.05, 0.1) is 13.4 Å². The highest BCUT2D eigenvalue weighted by molar-refractivity contribution is 5.71. The molecule has 1 saturated heterocycles. The fourth-order valence-electron chi connectivity index (χ4n) is 6.14. The zero-order valence-electron chi connectivity index (χ0n) is 24.5. The number of alkyl halides is 1. The summed E-state index contributed by atoms with van der Waals surface area (Å²) in [5.74, 6) is -0.768. The maximum atomic E-state index is 15.7. The van der Waals surface area contributed by atoms with Crippen LogP contribution in [0.4, 0.5) is 10.3 Å². The summed E-state index contributed by atoms with van der Waals surface area (Å²) in [5, 5.41) is 3.57. The molecule has 0 aliphatic carbocycles. The number of aromatic amines is 1. The maximum Gasteiger partial charge on any atom is 0.280 e. The van der Waals surface area contributed by atoms with E-state index in [0.717, 1.165) is 16.7 Å². The van der Waals surface area contributed by atoms with Gasteiger partial charge in [-0.2, -0.15) is 4.98 Å². The van der Waals surface area contributed by atoms with Gasteiger partial charge < -0.3 is 19.5 Å². The van der Waals surface area contributed by atoms with Gasteiger partial charge in [0.25, 0.3) is 5.56 Å². The van der Waals surface area contributed by atoms with Crippen molar-refractivity contribution in [2.24, 2.45) is 5.92 Å². The van der Waals surface area contributed by atoms with Crippen LogP contribution in [0.15, 0.2) is 96.1 Å². The van der Waals surface area contributed by atoms with Gasteiger partial charge in [0, 0.05) is 13.0 Å². The summed E-state index contributed by atoms with van der Waals surface area (Å²) in [4.78, 5) is 25.4. The second-order valence-electron chi connectivity index (χ2n) is 10.7.